The van der Waals surface area contributed by atoms with Crippen LogP contribution in [0.3, 0.4) is 0 Å². The minimum atomic E-state index is -3.57. The Balaban J connectivity index is 1.32. The SMILES string of the molecule is COc1ccc(N2CCCN(C(=O)C3CCN(S(=O)(=O)c4ccc(Cl)cc4)CC3)CC2)cc1. The summed E-state index contributed by atoms with van der Waals surface area (Å²) in [6, 6.07) is 14.2. The lowest BCUT2D eigenvalue weighted by atomic mass is 9.96. The van der Waals surface area contributed by atoms with E-state index < -0.39 is 10.0 Å². The summed E-state index contributed by atoms with van der Waals surface area (Å²) >= 11 is 5.88. The second-order valence-corrected chi connectivity index (χ2v) is 10.9. The zero-order valence-electron chi connectivity index (χ0n) is 18.8. The maximum atomic E-state index is 13.2. The normalized spacial score (nSPS) is 18.7. The lowest BCUT2D eigenvalue weighted by molar-refractivity contribution is -0.136. The second-order valence-electron chi connectivity index (χ2n) is 8.50. The molecule has 2 saturated heterocycles. The molecular weight excluding hydrogens is 462 g/mol. The van der Waals surface area contributed by atoms with Crippen molar-refractivity contribution < 1.29 is 17.9 Å². The highest BCUT2D eigenvalue weighted by Gasteiger charge is 2.34. The number of carbonyl (C=O) groups excluding carboxylic acids is 1. The zero-order chi connectivity index (χ0) is 23.4. The van der Waals surface area contributed by atoms with Gasteiger partial charge in [-0.3, -0.25) is 4.79 Å². The number of carbonyl (C=O) groups is 1. The van der Waals surface area contributed by atoms with E-state index in [1.54, 1.807) is 19.2 Å². The van der Waals surface area contributed by atoms with E-state index >= 15 is 0 Å². The molecule has 33 heavy (non-hydrogen) atoms. The minimum absolute atomic E-state index is 0.130. The highest BCUT2D eigenvalue weighted by molar-refractivity contribution is 7.89. The number of benzene rings is 2. The van der Waals surface area contributed by atoms with Gasteiger partial charge in [0.05, 0.1) is 12.0 Å². The van der Waals surface area contributed by atoms with Crippen molar-refractivity contribution in [3.05, 3.63) is 53.6 Å². The molecule has 7 nitrogen and oxygen atoms in total. The highest BCUT2D eigenvalue weighted by atomic mass is 35.5. The molecule has 9 heteroatoms. The Morgan fingerprint density at radius 1 is 0.909 bits per heavy atom. The average Bonchev–Trinajstić information content (AvgIpc) is 3.10. The molecule has 0 unspecified atom stereocenters. The van der Waals surface area contributed by atoms with Crippen molar-refractivity contribution in [2.45, 2.75) is 24.2 Å². The molecule has 0 spiro atoms. The molecule has 178 valence electrons. The first-order valence-corrected chi connectivity index (χ1v) is 13.1. The van der Waals surface area contributed by atoms with Crippen LogP contribution in [-0.2, 0) is 14.8 Å². The van der Waals surface area contributed by atoms with Gasteiger partial charge in [-0.05, 0) is 67.8 Å². The molecule has 2 aliphatic rings. The number of anilines is 1. The number of halogens is 1. The summed E-state index contributed by atoms with van der Waals surface area (Å²) in [4.78, 5) is 17.7. The molecule has 2 aromatic rings. The van der Waals surface area contributed by atoms with Crippen LogP contribution in [0, 0.1) is 5.92 Å². The third kappa shape index (κ3) is 5.45. The van der Waals surface area contributed by atoms with Crippen molar-refractivity contribution in [1.29, 1.82) is 0 Å². The fourth-order valence-corrected chi connectivity index (χ4v) is 6.14. The van der Waals surface area contributed by atoms with Gasteiger partial charge in [0.15, 0.2) is 0 Å². The summed E-state index contributed by atoms with van der Waals surface area (Å²) in [7, 11) is -1.91. The third-order valence-corrected chi connectivity index (χ3v) is 8.66. The molecule has 0 saturated carbocycles. The van der Waals surface area contributed by atoms with Gasteiger partial charge in [-0.15, -0.1) is 0 Å². The number of hydrogen-bond acceptors (Lipinski definition) is 5. The van der Waals surface area contributed by atoms with Crippen LogP contribution in [0.15, 0.2) is 53.4 Å². The van der Waals surface area contributed by atoms with Crippen molar-refractivity contribution >= 4 is 33.2 Å². The number of amides is 1. The Hall–Kier alpha value is -2.29. The Kier molecular flexibility index (Phi) is 7.46. The van der Waals surface area contributed by atoms with E-state index in [4.69, 9.17) is 16.3 Å². The molecule has 0 aliphatic carbocycles. The lowest BCUT2D eigenvalue weighted by Crippen LogP contribution is -2.45. The van der Waals surface area contributed by atoms with Crippen LogP contribution in [0.25, 0.3) is 0 Å². The standard InChI is InChI=1S/C24H30ClN3O4S/c1-32-22-7-5-21(6-8-22)26-13-2-14-27(18-17-26)24(29)19-11-15-28(16-12-19)33(30,31)23-9-3-20(25)4-10-23/h3-10,19H,2,11-18H2,1H3. The third-order valence-electron chi connectivity index (χ3n) is 6.50. The summed E-state index contributed by atoms with van der Waals surface area (Å²) < 4.78 is 32.5. The van der Waals surface area contributed by atoms with Crippen LogP contribution in [0.1, 0.15) is 19.3 Å². The number of rotatable bonds is 5. The van der Waals surface area contributed by atoms with E-state index in [0.29, 0.717) is 37.5 Å². The summed E-state index contributed by atoms with van der Waals surface area (Å²) in [6.07, 6.45) is 2.00. The number of sulfonamides is 1. The van der Waals surface area contributed by atoms with Crippen molar-refractivity contribution in [2.24, 2.45) is 5.92 Å². The van der Waals surface area contributed by atoms with Gasteiger partial charge in [0.2, 0.25) is 15.9 Å². The van der Waals surface area contributed by atoms with E-state index in [1.165, 1.54) is 16.4 Å². The van der Waals surface area contributed by atoms with Crippen LogP contribution in [0.4, 0.5) is 5.69 Å². The van der Waals surface area contributed by atoms with Gasteiger partial charge in [-0.25, -0.2) is 8.42 Å². The van der Waals surface area contributed by atoms with Gasteiger partial charge in [0, 0.05) is 55.9 Å². The Morgan fingerprint density at radius 2 is 1.58 bits per heavy atom. The summed E-state index contributed by atoms with van der Waals surface area (Å²) in [6.45, 7) is 3.79. The zero-order valence-corrected chi connectivity index (χ0v) is 20.4. The van der Waals surface area contributed by atoms with Gasteiger partial charge >= 0.3 is 0 Å². The molecule has 0 N–H and O–H groups in total. The molecule has 4 rings (SSSR count). The Labute approximate surface area is 200 Å². The lowest BCUT2D eigenvalue weighted by Gasteiger charge is -2.33. The monoisotopic (exact) mass is 491 g/mol. The number of nitrogens with zero attached hydrogens (tertiary/aromatic N) is 3. The molecule has 2 aromatic carbocycles. The van der Waals surface area contributed by atoms with E-state index in [0.717, 1.165) is 37.5 Å². The Morgan fingerprint density at radius 3 is 2.21 bits per heavy atom. The minimum Gasteiger partial charge on any atom is -0.497 e. The number of methoxy groups -OCH3 is 1. The van der Waals surface area contributed by atoms with Crippen LogP contribution in [-0.4, -0.2) is 69.9 Å². The van der Waals surface area contributed by atoms with E-state index in [-0.39, 0.29) is 16.7 Å². The number of hydrogen-bond donors (Lipinski definition) is 0. The highest BCUT2D eigenvalue weighted by Crippen LogP contribution is 2.27. The summed E-state index contributed by atoms with van der Waals surface area (Å²) in [5.74, 6) is 0.846. The first-order valence-electron chi connectivity index (χ1n) is 11.3. The Bertz CT molecular complexity index is 1050. The number of piperidine rings is 1. The first kappa shape index (κ1) is 23.9. The molecule has 2 aliphatic heterocycles. The maximum absolute atomic E-state index is 13.2. The molecule has 1 amide bonds. The predicted molar refractivity (Wildman–Crippen MR) is 129 cm³/mol. The van der Waals surface area contributed by atoms with Crippen LogP contribution in [0.2, 0.25) is 5.02 Å². The quantitative estimate of drug-likeness (QED) is 0.640. The van der Waals surface area contributed by atoms with E-state index in [2.05, 4.69) is 4.90 Å². The average molecular weight is 492 g/mol. The molecular formula is C24H30ClN3O4S. The smallest absolute Gasteiger partial charge is 0.243 e. The topological polar surface area (TPSA) is 70.2 Å². The molecule has 0 radical (unpaired) electrons. The maximum Gasteiger partial charge on any atom is 0.243 e. The fourth-order valence-electron chi connectivity index (χ4n) is 4.55. The first-order chi connectivity index (χ1) is 15.9. The van der Waals surface area contributed by atoms with Crippen molar-refractivity contribution in [3.63, 3.8) is 0 Å². The van der Waals surface area contributed by atoms with Gasteiger partial charge in [0.25, 0.3) is 0 Å². The van der Waals surface area contributed by atoms with E-state index in [1.807, 2.05) is 29.2 Å². The molecule has 2 fully saturated rings. The predicted octanol–water partition coefficient (Wildman–Crippen LogP) is 3.49. The fraction of sp³-hybridized carbons (Fsp3) is 0.458. The van der Waals surface area contributed by atoms with Crippen molar-refractivity contribution in [3.8, 4) is 5.75 Å². The largest absolute Gasteiger partial charge is 0.497 e. The molecule has 0 aromatic heterocycles. The van der Waals surface area contributed by atoms with Crippen molar-refractivity contribution in [2.75, 3.05) is 51.3 Å². The number of ether oxygens (including phenoxy) is 1. The van der Waals surface area contributed by atoms with Crippen LogP contribution < -0.4 is 9.64 Å². The van der Waals surface area contributed by atoms with Gasteiger partial charge in [-0.1, -0.05) is 11.6 Å². The second kappa shape index (κ2) is 10.3. The van der Waals surface area contributed by atoms with Gasteiger partial charge < -0.3 is 14.5 Å². The van der Waals surface area contributed by atoms with Crippen LogP contribution in [0.5, 0.6) is 5.75 Å². The molecule has 2 heterocycles. The summed E-state index contributed by atoms with van der Waals surface area (Å²) in [5, 5.41) is 0.501. The van der Waals surface area contributed by atoms with Crippen LogP contribution >= 0.6 is 11.6 Å². The van der Waals surface area contributed by atoms with E-state index in [9.17, 15) is 13.2 Å². The van der Waals surface area contributed by atoms with Gasteiger partial charge in [0.1, 0.15) is 5.75 Å². The van der Waals surface area contributed by atoms with Gasteiger partial charge in [-0.2, -0.15) is 4.31 Å². The summed E-state index contributed by atoms with van der Waals surface area (Å²) in [5.41, 5.74) is 1.13. The molecule has 0 bridgehead atoms. The molecule has 0 atom stereocenters. The van der Waals surface area contributed by atoms with Crippen molar-refractivity contribution in [1.82, 2.24) is 9.21 Å².